The van der Waals surface area contributed by atoms with E-state index in [2.05, 4.69) is 26.5 Å². The maximum Gasteiger partial charge on any atom is 0.205 e. The third-order valence-corrected chi connectivity index (χ3v) is 4.54. The Labute approximate surface area is 107 Å². The van der Waals surface area contributed by atoms with Gasteiger partial charge in [-0.15, -0.1) is 0 Å². The zero-order valence-electron chi connectivity index (χ0n) is 10.4. The van der Waals surface area contributed by atoms with Gasteiger partial charge in [-0.05, 0) is 25.7 Å². The van der Waals surface area contributed by atoms with Gasteiger partial charge >= 0.3 is 0 Å². The van der Waals surface area contributed by atoms with Crippen LogP contribution < -0.4 is 10.2 Å². The van der Waals surface area contributed by atoms with E-state index in [1.807, 2.05) is 0 Å². The first-order valence-electron chi connectivity index (χ1n) is 6.68. The van der Waals surface area contributed by atoms with E-state index in [4.69, 9.17) is 0 Å². The van der Waals surface area contributed by atoms with Crippen LogP contribution in [0.4, 0.5) is 5.13 Å². The van der Waals surface area contributed by atoms with Crippen molar-refractivity contribution in [3.8, 4) is 0 Å². The fourth-order valence-electron chi connectivity index (χ4n) is 2.82. The van der Waals surface area contributed by atoms with Crippen molar-refractivity contribution in [2.24, 2.45) is 0 Å². The van der Waals surface area contributed by atoms with Crippen LogP contribution in [0.15, 0.2) is 0 Å². The lowest BCUT2D eigenvalue weighted by Crippen LogP contribution is -2.35. The zero-order chi connectivity index (χ0) is 11.7. The van der Waals surface area contributed by atoms with Crippen molar-refractivity contribution in [3.63, 3.8) is 0 Å². The molecule has 4 nitrogen and oxygen atoms in total. The monoisotopic (exact) mass is 252 g/mol. The number of hydrogen-bond donors (Lipinski definition) is 1. The Morgan fingerprint density at radius 2 is 2.24 bits per heavy atom. The van der Waals surface area contributed by atoms with Crippen LogP contribution in [0.1, 0.15) is 38.4 Å². The summed E-state index contributed by atoms with van der Waals surface area (Å²) in [5, 5.41) is 4.83. The van der Waals surface area contributed by atoms with E-state index >= 15 is 0 Å². The van der Waals surface area contributed by atoms with Crippen LogP contribution in [0.5, 0.6) is 0 Å². The Hall–Kier alpha value is -0.680. The lowest BCUT2D eigenvalue weighted by atomic mass is 10.1. The maximum absolute atomic E-state index is 4.65. The lowest BCUT2D eigenvalue weighted by molar-refractivity contribution is 0.563. The maximum atomic E-state index is 4.65. The molecule has 0 radical (unpaired) electrons. The molecule has 2 fully saturated rings. The van der Waals surface area contributed by atoms with Gasteiger partial charge in [0.15, 0.2) is 0 Å². The smallest absolute Gasteiger partial charge is 0.205 e. The van der Waals surface area contributed by atoms with Gasteiger partial charge in [-0.25, -0.2) is 4.98 Å². The van der Waals surface area contributed by atoms with E-state index in [1.165, 1.54) is 19.3 Å². The zero-order valence-corrected chi connectivity index (χ0v) is 11.2. The van der Waals surface area contributed by atoms with Crippen molar-refractivity contribution in [3.05, 3.63) is 5.82 Å². The Morgan fingerprint density at radius 3 is 3.12 bits per heavy atom. The summed E-state index contributed by atoms with van der Waals surface area (Å²) >= 11 is 1.57. The van der Waals surface area contributed by atoms with E-state index in [9.17, 15) is 0 Å². The van der Waals surface area contributed by atoms with Gasteiger partial charge in [0.25, 0.3) is 0 Å². The third-order valence-electron chi connectivity index (χ3n) is 3.72. The molecule has 2 aliphatic heterocycles. The quantitative estimate of drug-likeness (QED) is 0.891. The van der Waals surface area contributed by atoms with E-state index in [0.717, 1.165) is 42.9 Å². The summed E-state index contributed by atoms with van der Waals surface area (Å²) in [7, 11) is 0. The fourth-order valence-corrected chi connectivity index (χ4v) is 3.56. The molecule has 3 heterocycles. The number of aryl methyl sites for hydroxylation is 1. The first-order chi connectivity index (χ1) is 8.35. The molecule has 2 aliphatic rings. The molecule has 5 heteroatoms. The summed E-state index contributed by atoms with van der Waals surface area (Å²) in [6.45, 7) is 4.42. The number of nitrogens with one attached hydrogen (secondary N) is 1. The molecule has 1 aromatic rings. The molecule has 17 heavy (non-hydrogen) atoms. The van der Waals surface area contributed by atoms with Crippen LogP contribution in [0.25, 0.3) is 0 Å². The molecule has 0 saturated carbocycles. The Kier molecular flexibility index (Phi) is 3.29. The Morgan fingerprint density at radius 1 is 1.35 bits per heavy atom. The highest BCUT2D eigenvalue weighted by Crippen LogP contribution is 2.25. The predicted molar refractivity (Wildman–Crippen MR) is 70.7 cm³/mol. The minimum absolute atomic E-state index is 0.668. The Balaban J connectivity index is 1.70. The van der Waals surface area contributed by atoms with Crippen molar-refractivity contribution >= 4 is 16.7 Å². The lowest BCUT2D eigenvalue weighted by Gasteiger charge is -2.22. The van der Waals surface area contributed by atoms with E-state index < -0.39 is 0 Å². The second-order valence-corrected chi connectivity index (χ2v) is 5.85. The number of fused-ring (bicyclic) bond motifs is 2. The summed E-state index contributed by atoms with van der Waals surface area (Å²) in [6, 6.07) is 1.41. The largest absolute Gasteiger partial charge is 0.345 e. The highest BCUT2D eigenvalue weighted by molar-refractivity contribution is 7.09. The minimum Gasteiger partial charge on any atom is -0.345 e. The molecule has 0 amide bonds. The Bertz CT molecular complexity index is 378. The highest BCUT2D eigenvalue weighted by Gasteiger charge is 2.30. The molecular formula is C12H20N4S. The number of rotatable bonds is 3. The van der Waals surface area contributed by atoms with Crippen molar-refractivity contribution in [2.45, 2.75) is 51.1 Å². The molecule has 2 atom stereocenters. The van der Waals surface area contributed by atoms with Crippen LogP contribution in [0.2, 0.25) is 0 Å². The normalized spacial score (nSPS) is 28.4. The molecule has 0 aromatic carbocycles. The van der Waals surface area contributed by atoms with Crippen molar-refractivity contribution in [1.82, 2.24) is 14.7 Å². The first kappa shape index (κ1) is 11.4. The van der Waals surface area contributed by atoms with E-state index in [0.29, 0.717) is 6.04 Å². The number of aromatic nitrogens is 2. The van der Waals surface area contributed by atoms with E-state index in [-0.39, 0.29) is 0 Å². The number of anilines is 1. The van der Waals surface area contributed by atoms with Crippen LogP contribution in [0.3, 0.4) is 0 Å². The second kappa shape index (κ2) is 4.90. The molecule has 1 N–H and O–H groups in total. The third kappa shape index (κ3) is 2.45. The highest BCUT2D eigenvalue weighted by atomic mass is 32.1. The van der Waals surface area contributed by atoms with Crippen molar-refractivity contribution < 1.29 is 0 Å². The molecule has 2 saturated heterocycles. The number of nitrogens with zero attached hydrogens (tertiary/aromatic N) is 3. The van der Waals surface area contributed by atoms with Gasteiger partial charge in [-0.2, -0.15) is 4.37 Å². The first-order valence-corrected chi connectivity index (χ1v) is 7.46. The standard InChI is InChI=1S/C12H20N4S/c1-2-3-11-14-12(17-15-11)16-7-6-9-4-5-10(8-16)13-9/h9-10,13H,2-8H2,1H3. The summed E-state index contributed by atoms with van der Waals surface area (Å²) in [5.74, 6) is 1.02. The van der Waals surface area contributed by atoms with Crippen LogP contribution >= 0.6 is 11.5 Å². The van der Waals surface area contributed by atoms with Crippen molar-refractivity contribution in [2.75, 3.05) is 18.0 Å². The molecule has 2 unspecified atom stereocenters. The van der Waals surface area contributed by atoms with Gasteiger partial charge in [0, 0.05) is 43.1 Å². The second-order valence-electron chi connectivity index (χ2n) is 5.12. The van der Waals surface area contributed by atoms with Crippen LogP contribution in [-0.2, 0) is 6.42 Å². The van der Waals surface area contributed by atoms with Crippen molar-refractivity contribution in [1.29, 1.82) is 0 Å². The molecule has 0 aliphatic carbocycles. The summed E-state index contributed by atoms with van der Waals surface area (Å²) in [4.78, 5) is 7.08. The summed E-state index contributed by atoms with van der Waals surface area (Å²) in [5.41, 5.74) is 0. The molecule has 2 bridgehead atoms. The number of hydrogen-bond acceptors (Lipinski definition) is 5. The van der Waals surface area contributed by atoms with E-state index in [1.54, 1.807) is 11.5 Å². The molecule has 0 spiro atoms. The summed E-state index contributed by atoms with van der Waals surface area (Å²) < 4.78 is 4.44. The molecule has 1 aromatic heterocycles. The fraction of sp³-hybridized carbons (Fsp3) is 0.833. The molecular weight excluding hydrogens is 232 g/mol. The summed E-state index contributed by atoms with van der Waals surface area (Å²) in [6.07, 6.45) is 6.06. The van der Waals surface area contributed by atoms with Gasteiger partial charge in [-0.1, -0.05) is 6.92 Å². The average molecular weight is 252 g/mol. The van der Waals surface area contributed by atoms with Gasteiger partial charge in [0.1, 0.15) is 5.82 Å². The van der Waals surface area contributed by atoms with Crippen LogP contribution in [0, 0.1) is 0 Å². The topological polar surface area (TPSA) is 41.1 Å². The molecule has 94 valence electrons. The van der Waals surface area contributed by atoms with Crippen LogP contribution in [-0.4, -0.2) is 34.5 Å². The minimum atomic E-state index is 0.668. The van der Waals surface area contributed by atoms with Gasteiger partial charge in [0.2, 0.25) is 5.13 Å². The average Bonchev–Trinajstić information content (AvgIpc) is 2.87. The van der Waals surface area contributed by atoms with Gasteiger partial charge < -0.3 is 10.2 Å². The van der Waals surface area contributed by atoms with Gasteiger partial charge in [-0.3, -0.25) is 0 Å². The SMILES string of the molecule is CCCc1nsc(N2CCC3CCC(C2)N3)n1. The van der Waals surface area contributed by atoms with Gasteiger partial charge in [0.05, 0.1) is 0 Å². The molecule has 3 rings (SSSR count). The predicted octanol–water partition coefficient (Wildman–Crippen LogP) is 1.82.